The summed E-state index contributed by atoms with van der Waals surface area (Å²) < 4.78 is 4.96. The predicted molar refractivity (Wildman–Crippen MR) is 53.4 cm³/mol. The van der Waals surface area contributed by atoms with E-state index in [9.17, 15) is 14.9 Å². The Labute approximate surface area is 90.8 Å². The molecule has 7 heteroatoms. The molecule has 16 heavy (non-hydrogen) atoms. The summed E-state index contributed by atoms with van der Waals surface area (Å²) in [5.41, 5.74) is 0.298. The Morgan fingerprint density at radius 2 is 2.31 bits per heavy atom. The number of carboxylic acids is 1. The number of carbonyl (C=O) groups is 1. The van der Waals surface area contributed by atoms with Gasteiger partial charge in [0, 0.05) is 11.8 Å². The van der Waals surface area contributed by atoms with E-state index in [-0.39, 0.29) is 24.6 Å². The summed E-state index contributed by atoms with van der Waals surface area (Å²) in [6.45, 7) is 1.51. The minimum Gasteiger partial charge on any atom is -0.481 e. The smallest absolute Gasteiger partial charge is 0.330 e. The highest BCUT2D eigenvalue weighted by molar-refractivity contribution is 5.66. The highest BCUT2D eigenvalue weighted by Gasteiger charge is 2.16. The zero-order valence-electron chi connectivity index (χ0n) is 8.54. The van der Waals surface area contributed by atoms with Crippen LogP contribution in [-0.2, 0) is 4.79 Å². The molecule has 0 amide bonds. The first-order valence-electron chi connectivity index (χ1n) is 4.47. The number of carboxylic acid groups (broad SMARTS) is 1. The summed E-state index contributed by atoms with van der Waals surface area (Å²) in [7, 11) is 0. The van der Waals surface area contributed by atoms with Crippen LogP contribution in [0.4, 0.5) is 5.69 Å². The molecule has 1 heterocycles. The Morgan fingerprint density at radius 1 is 1.62 bits per heavy atom. The zero-order chi connectivity index (χ0) is 12.1. The first-order valence-corrected chi connectivity index (χ1v) is 4.47. The second-order valence-corrected chi connectivity index (χ2v) is 3.03. The van der Waals surface area contributed by atoms with E-state index in [1.54, 1.807) is 6.92 Å². The summed E-state index contributed by atoms with van der Waals surface area (Å²) in [5, 5.41) is 19.0. The molecular weight excluding hydrogens is 216 g/mol. The lowest BCUT2D eigenvalue weighted by Crippen LogP contribution is -2.07. The first kappa shape index (κ1) is 11.9. The van der Waals surface area contributed by atoms with Crippen LogP contribution >= 0.6 is 0 Å². The van der Waals surface area contributed by atoms with Crippen LogP contribution in [0.3, 0.4) is 0 Å². The van der Waals surface area contributed by atoms with Gasteiger partial charge in [-0.05, 0) is 13.0 Å². The van der Waals surface area contributed by atoms with Crippen molar-refractivity contribution in [1.82, 2.24) is 4.98 Å². The van der Waals surface area contributed by atoms with E-state index in [1.165, 1.54) is 12.1 Å². The van der Waals surface area contributed by atoms with E-state index in [0.29, 0.717) is 5.69 Å². The molecule has 0 saturated heterocycles. The lowest BCUT2D eigenvalue weighted by atomic mass is 10.3. The van der Waals surface area contributed by atoms with Crippen LogP contribution in [0.1, 0.15) is 12.1 Å². The molecule has 0 saturated carbocycles. The number of hydrogen-bond acceptors (Lipinski definition) is 5. The monoisotopic (exact) mass is 226 g/mol. The molecule has 0 aromatic carbocycles. The Morgan fingerprint density at radius 3 is 2.88 bits per heavy atom. The molecule has 0 radical (unpaired) electrons. The number of aromatic nitrogens is 1. The van der Waals surface area contributed by atoms with Crippen molar-refractivity contribution in [1.29, 1.82) is 0 Å². The lowest BCUT2D eigenvalue weighted by Gasteiger charge is -2.04. The van der Waals surface area contributed by atoms with E-state index < -0.39 is 10.9 Å². The summed E-state index contributed by atoms with van der Waals surface area (Å²) >= 11 is 0. The van der Waals surface area contributed by atoms with E-state index in [1.807, 2.05) is 0 Å². The number of nitro groups is 1. The van der Waals surface area contributed by atoms with Crippen LogP contribution < -0.4 is 4.74 Å². The Kier molecular flexibility index (Phi) is 3.76. The van der Waals surface area contributed by atoms with Crippen molar-refractivity contribution < 1.29 is 19.6 Å². The maximum atomic E-state index is 10.6. The van der Waals surface area contributed by atoms with Crippen LogP contribution in [0.2, 0.25) is 0 Å². The highest BCUT2D eigenvalue weighted by atomic mass is 16.6. The molecule has 0 spiro atoms. The van der Waals surface area contributed by atoms with Crippen LogP contribution in [-0.4, -0.2) is 27.6 Å². The third kappa shape index (κ3) is 3.19. The summed E-state index contributed by atoms with van der Waals surface area (Å²) in [5.74, 6) is -1.18. The molecule has 0 fully saturated rings. The molecule has 86 valence electrons. The fourth-order valence-electron chi connectivity index (χ4n) is 1.01. The van der Waals surface area contributed by atoms with Crippen LogP contribution in [0.15, 0.2) is 12.1 Å². The van der Waals surface area contributed by atoms with Crippen molar-refractivity contribution in [3.63, 3.8) is 0 Å². The fourth-order valence-corrected chi connectivity index (χ4v) is 1.01. The highest BCUT2D eigenvalue weighted by Crippen LogP contribution is 2.24. The van der Waals surface area contributed by atoms with Crippen LogP contribution in [0.5, 0.6) is 5.88 Å². The van der Waals surface area contributed by atoms with Gasteiger partial charge in [0.25, 0.3) is 5.88 Å². The second-order valence-electron chi connectivity index (χ2n) is 3.03. The maximum absolute atomic E-state index is 10.6. The van der Waals surface area contributed by atoms with Crippen molar-refractivity contribution in [3.8, 4) is 5.88 Å². The van der Waals surface area contributed by atoms with Gasteiger partial charge in [0.05, 0.1) is 11.3 Å². The molecule has 0 aliphatic rings. The lowest BCUT2D eigenvalue weighted by molar-refractivity contribution is -0.386. The molecule has 1 aromatic rings. The van der Waals surface area contributed by atoms with Gasteiger partial charge in [0.1, 0.15) is 6.61 Å². The summed E-state index contributed by atoms with van der Waals surface area (Å²) in [6.07, 6.45) is -0.229. The molecular formula is C9H10N2O5. The SMILES string of the molecule is Cc1ccc([N+](=O)[O-])c(OCCC(=O)O)n1. The van der Waals surface area contributed by atoms with E-state index >= 15 is 0 Å². The second kappa shape index (κ2) is 5.06. The maximum Gasteiger partial charge on any atom is 0.330 e. The molecule has 7 nitrogen and oxygen atoms in total. The average Bonchev–Trinajstić information content (AvgIpc) is 2.16. The summed E-state index contributed by atoms with van der Waals surface area (Å²) in [4.78, 5) is 24.1. The summed E-state index contributed by atoms with van der Waals surface area (Å²) in [6, 6.07) is 2.76. The van der Waals surface area contributed by atoms with Gasteiger partial charge in [-0.15, -0.1) is 0 Å². The standard InChI is InChI=1S/C9H10N2O5/c1-6-2-3-7(11(14)15)9(10-6)16-5-4-8(12)13/h2-3H,4-5H2,1H3,(H,12,13). The van der Waals surface area contributed by atoms with Gasteiger partial charge in [0.15, 0.2) is 0 Å². The van der Waals surface area contributed by atoms with Crippen molar-refractivity contribution >= 4 is 11.7 Å². The Balaban J connectivity index is 2.80. The van der Waals surface area contributed by atoms with E-state index in [0.717, 1.165) is 0 Å². The quantitative estimate of drug-likeness (QED) is 0.596. The normalized spacial score (nSPS) is 9.81. The number of aryl methyl sites for hydroxylation is 1. The average molecular weight is 226 g/mol. The third-order valence-electron chi connectivity index (χ3n) is 1.73. The molecule has 0 aliphatic carbocycles. The molecule has 1 rings (SSSR count). The van der Waals surface area contributed by atoms with Gasteiger partial charge in [0.2, 0.25) is 0 Å². The van der Waals surface area contributed by atoms with E-state index in [4.69, 9.17) is 9.84 Å². The Bertz CT molecular complexity index is 418. The molecule has 0 unspecified atom stereocenters. The van der Waals surface area contributed by atoms with Gasteiger partial charge in [-0.3, -0.25) is 14.9 Å². The first-order chi connectivity index (χ1) is 7.50. The van der Waals surface area contributed by atoms with E-state index in [2.05, 4.69) is 4.98 Å². The number of pyridine rings is 1. The van der Waals surface area contributed by atoms with Crippen molar-refractivity contribution in [2.45, 2.75) is 13.3 Å². The zero-order valence-corrected chi connectivity index (χ0v) is 8.54. The van der Waals surface area contributed by atoms with Crippen molar-refractivity contribution in [3.05, 3.63) is 27.9 Å². The van der Waals surface area contributed by atoms with Gasteiger partial charge in [-0.25, -0.2) is 4.98 Å². The number of ether oxygens (including phenoxy) is 1. The van der Waals surface area contributed by atoms with Gasteiger partial charge >= 0.3 is 11.7 Å². The minimum atomic E-state index is -1.03. The molecule has 0 bridgehead atoms. The van der Waals surface area contributed by atoms with Gasteiger partial charge in [-0.1, -0.05) is 0 Å². The largest absolute Gasteiger partial charge is 0.481 e. The van der Waals surface area contributed by atoms with Crippen LogP contribution in [0, 0.1) is 17.0 Å². The molecule has 0 aliphatic heterocycles. The van der Waals surface area contributed by atoms with Crippen molar-refractivity contribution in [2.75, 3.05) is 6.61 Å². The number of hydrogen-bond donors (Lipinski definition) is 1. The number of rotatable bonds is 5. The molecule has 1 aromatic heterocycles. The predicted octanol–water partition coefficient (Wildman–Crippen LogP) is 1.15. The molecule has 0 atom stereocenters. The van der Waals surface area contributed by atoms with Gasteiger partial charge < -0.3 is 9.84 Å². The third-order valence-corrected chi connectivity index (χ3v) is 1.73. The van der Waals surface area contributed by atoms with Gasteiger partial charge in [-0.2, -0.15) is 0 Å². The number of aliphatic carboxylic acids is 1. The number of nitrogens with zero attached hydrogens (tertiary/aromatic N) is 2. The van der Waals surface area contributed by atoms with Crippen molar-refractivity contribution in [2.24, 2.45) is 0 Å². The van der Waals surface area contributed by atoms with Crippen LogP contribution in [0.25, 0.3) is 0 Å². The topological polar surface area (TPSA) is 103 Å². The fraction of sp³-hybridized carbons (Fsp3) is 0.333. The molecule has 1 N–H and O–H groups in total. The Hall–Kier alpha value is -2.18. The minimum absolute atomic E-state index is 0.146.